The van der Waals surface area contributed by atoms with Crippen LogP contribution in [0.4, 0.5) is 0 Å². The van der Waals surface area contributed by atoms with Gasteiger partial charge in [-0.2, -0.15) is 4.31 Å². The molecule has 1 aliphatic rings. The number of halogens is 1. The Bertz CT molecular complexity index is 626. The van der Waals surface area contributed by atoms with Crippen LogP contribution in [-0.2, 0) is 16.6 Å². The average molecular weight is 361 g/mol. The topological polar surface area (TPSA) is 63.4 Å². The fraction of sp³-hybridized carbons (Fsp3) is 0.571. The molecule has 0 unspecified atom stereocenters. The molecule has 1 aliphatic heterocycles. The highest BCUT2D eigenvalue weighted by Gasteiger charge is 2.37. The fourth-order valence-corrected chi connectivity index (χ4v) is 5.07. The van der Waals surface area contributed by atoms with Gasteiger partial charge in [0.2, 0.25) is 10.0 Å². The fourth-order valence-electron chi connectivity index (χ4n) is 2.50. The third kappa shape index (κ3) is 2.93. The maximum Gasteiger partial charge on any atom is 0.243 e. The van der Waals surface area contributed by atoms with Crippen LogP contribution in [0, 0.1) is 12.3 Å². The molecule has 0 atom stereocenters. The molecular formula is C14H21BrN2O2S. The van der Waals surface area contributed by atoms with Crippen molar-refractivity contribution in [3.8, 4) is 0 Å². The molecule has 0 aliphatic carbocycles. The SMILES string of the molecule is Cc1c(Br)cc(CN)cc1S(=O)(=O)N1CCC(C)(C)C1. The number of rotatable bonds is 3. The van der Waals surface area contributed by atoms with Crippen LogP contribution in [-0.4, -0.2) is 25.8 Å². The molecule has 112 valence electrons. The number of sulfonamides is 1. The highest BCUT2D eigenvalue weighted by molar-refractivity contribution is 9.10. The summed E-state index contributed by atoms with van der Waals surface area (Å²) in [7, 11) is -3.45. The first-order chi connectivity index (χ1) is 9.17. The van der Waals surface area contributed by atoms with Gasteiger partial charge >= 0.3 is 0 Å². The molecule has 20 heavy (non-hydrogen) atoms. The van der Waals surface area contributed by atoms with Gasteiger partial charge in [-0.1, -0.05) is 29.8 Å². The van der Waals surface area contributed by atoms with E-state index in [1.807, 2.05) is 13.0 Å². The van der Waals surface area contributed by atoms with Crippen LogP contribution in [0.2, 0.25) is 0 Å². The minimum atomic E-state index is -3.45. The zero-order chi connectivity index (χ0) is 15.1. The van der Waals surface area contributed by atoms with Crippen molar-refractivity contribution in [1.82, 2.24) is 4.31 Å². The van der Waals surface area contributed by atoms with Gasteiger partial charge in [-0.25, -0.2) is 8.42 Å². The van der Waals surface area contributed by atoms with E-state index in [9.17, 15) is 8.42 Å². The molecule has 1 heterocycles. The van der Waals surface area contributed by atoms with Crippen LogP contribution in [0.25, 0.3) is 0 Å². The van der Waals surface area contributed by atoms with Crippen molar-refractivity contribution in [2.75, 3.05) is 13.1 Å². The molecule has 0 bridgehead atoms. The molecule has 6 heteroatoms. The predicted octanol–water partition coefficient (Wildman–Crippen LogP) is 2.64. The molecule has 1 aromatic rings. The largest absolute Gasteiger partial charge is 0.326 e. The van der Waals surface area contributed by atoms with E-state index >= 15 is 0 Å². The van der Waals surface area contributed by atoms with E-state index in [-0.39, 0.29) is 5.41 Å². The van der Waals surface area contributed by atoms with Gasteiger partial charge in [0.05, 0.1) is 4.90 Å². The molecule has 1 saturated heterocycles. The van der Waals surface area contributed by atoms with Gasteiger partial charge in [0.25, 0.3) is 0 Å². The van der Waals surface area contributed by atoms with E-state index in [1.165, 1.54) is 0 Å². The van der Waals surface area contributed by atoms with E-state index in [1.54, 1.807) is 10.4 Å². The summed E-state index contributed by atoms with van der Waals surface area (Å²) in [6.07, 6.45) is 0.892. The second-order valence-corrected chi connectivity index (χ2v) is 8.92. The zero-order valence-corrected chi connectivity index (χ0v) is 14.5. The molecule has 0 radical (unpaired) electrons. The molecule has 2 N–H and O–H groups in total. The van der Waals surface area contributed by atoms with Crippen LogP contribution in [0.15, 0.2) is 21.5 Å². The summed E-state index contributed by atoms with van der Waals surface area (Å²) in [5, 5.41) is 0. The quantitative estimate of drug-likeness (QED) is 0.900. The van der Waals surface area contributed by atoms with Crippen LogP contribution in [0.3, 0.4) is 0 Å². The van der Waals surface area contributed by atoms with Crippen LogP contribution >= 0.6 is 15.9 Å². The lowest BCUT2D eigenvalue weighted by Crippen LogP contribution is -2.31. The van der Waals surface area contributed by atoms with Gasteiger partial charge in [-0.15, -0.1) is 0 Å². The van der Waals surface area contributed by atoms with Crippen molar-refractivity contribution in [3.63, 3.8) is 0 Å². The van der Waals surface area contributed by atoms with Crippen LogP contribution in [0.1, 0.15) is 31.4 Å². The zero-order valence-electron chi connectivity index (χ0n) is 12.1. The minimum Gasteiger partial charge on any atom is -0.326 e. The van der Waals surface area contributed by atoms with Gasteiger partial charge in [0, 0.05) is 24.1 Å². The van der Waals surface area contributed by atoms with Crippen molar-refractivity contribution in [2.24, 2.45) is 11.1 Å². The van der Waals surface area contributed by atoms with Crippen molar-refractivity contribution >= 4 is 26.0 Å². The summed E-state index contributed by atoms with van der Waals surface area (Å²) in [4.78, 5) is 0.366. The second kappa shape index (κ2) is 5.40. The highest BCUT2D eigenvalue weighted by atomic mass is 79.9. The third-order valence-electron chi connectivity index (χ3n) is 3.85. The van der Waals surface area contributed by atoms with Crippen molar-refractivity contribution < 1.29 is 8.42 Å². The Balaban J connectivity index is 2.47. The molecule has 0 spiro atoms. The summed E-state index contributed by atoms with van der Waals surface area (Å²) in [5.74, 6) is 0. The first-order valence-corrected chi connectivity index (χ1v) is 8.90. The number of hydrogen-bond donors (Lipinski definition) is 1. The first-order valence-electron chi connectivity index (χ1n) is 6.67. The van der Waals surface area contributed by atoms with Crippen molar-refractivity contribution in [3.05, 3.63) is 27.7 Å². The minimum absolute atomic E-state index is 0.0453. The molecular weight excluding hydrogens is 340 g/mol. The number of nitrogens with two attached hydrogens (primary N) is 1. The average Bonchev–Trinajstić information content (AvgIpc) is 2.73. The molecule has 1 fully saturated rings. The molecule has 0 saturated carbocycles. The predicted molar refractivity (Wildman–Crippen MR) is 83.9 cm³/mol. The summed E-state index contributed by atoms with van der Waals surface area (Å²) in [6.45, 7) is 7.49. The number of hydrogen-bond acceptors (Lipinski definition) is 3. The van der Waals surface area contributed by atoms with Gasteiger partial charge in [-0.3, -0.25) is 0 Å². The number of benzene rings is 1. The normalized spacial score (nSPS) is 19.4. The Morgan fingerprint density at radius 2 is 2.05 bits per heavy atom. The summed E-state index contributed by atoms with van der Waals surface area (Å²) in [5.41, 5.74) is 7.26. The van der Waals surface area contributed by atoms with Crippen LogP contribution < -0.4 is 5.73 Å². The van der Waals surface area contributed by atoms with Gasteiger partial charge in [-0.05, 0) is 42.0 Å². The Hall–Kier alpha value is -0.430. The lowest BCUT2D eigenvalue weighted by Gasteiger charge is -2.21. The molecule has 0 amide bonds. The Kier molecular flexibility index (Phi) is 4.31. The van der Waals surface area contributed by atoms with Crippen molar-refractivity contribution in [1.29, 1.82) is 0 Å². The molecule has 2 rings (SSSR count). The monoisotopic (exact) mass is 360 g/mol. The Labute approximate surface area is 129 Å². The van der Waals surface area contributed by atoms with E-state index in [4.69, 9.17) is 5.73 Å². The van der Waals surface area contributed by atoms with E-state index in [0.29, 0.717) is 24.5 Å². The van der Waals surface area contributed by atoms with Crippen LogP contribution in [0.5, 0.6) is 0 Å². The van der Waals surface area contributed by atoms with Crippen molar-refractivity contribution in [2.45, 2.75) is 38.6 Å². The maximum absolute atomic E-state index is 12.8. The van der Waals surface area contributed by atoms with E-state index in [0.717, 1.165) is 22.0 Å². The summed E-state index contributed by atoms with van der Waals surface area (Å²) >= 11 is 3.42. The van der Waals surface area contributed by atoms with E-state index < -0.39 is 10.0 Å². The van der Waals surface area contributed by atoms with E-state index in [2.05, 4.69) is 29.8 Å². The summed E-state index contributed by atoms with van der Waals surface area (Å²) in [6, 6.07) is 3.57. The maximum atomic E-state index is 12.8. The van der Waals surface area contributed by atoms with Gasteiger partial charge < -0.3 is 5.73 Å². The van der Waals surface area contributed by atoms with Gasteiger partial charge in [0.15, 0.2) is 0 Å². The molecule has 0 aromatic heterocycles. The number of nitrogens with zero attached hydrogens (tertiary/aromatic N) is 1. The Morgan fingerprint density at radius 3 is 2.55 bits per heavy atom. The summed E-state index contributed by atoms with van der Waals surface area (Å²) < 4.78 is 28.0. The lowest BCUT2D eigenvalue weighted by atomic mass is 9.93. The molecule has 1 aromatic carbocycles. The second-order valence-electron chi connectivity index (χ2n) is 6.16. The first kappa shape index (κ1) is 15.9. The standard InChI is InChI=1S/C14H21BrN2O2S/c1-10-12(15)6-11(8-16)7-13(10)20(18,19)17-5-4-14(2,3)9-17/h6-7H,4-5,8-9,16H2,1-3H3. The smallest absolute Gasteiger partial charge is 0.243 e. The highest BCUT2D eigenvalue weighted by Crippen LogP contribution is 2.35. The lowest BCUT2D eigenvalue weighted by molar-refractivity contribution is 0.375. The Morgan fingerprint density at radius 1 is 1.40 bits per heavy atom. The third-order valence-corrected chi connectivity index (χ3v) is 6.65. The van der Waals surface area contributed by atoms with Gasteiger partial charge in [0.1, 0.15) is 0 Å². The molecule has 4 nitrogen and oxygen atoms in total.